The third-order valence-corrected chi connectivity index (χ3v) is 4.56. The third kappa shape index (κ3) is 5.71. The first-order valence-electron chi connectivity index (χ1n) is 8.86. The summed E-state index contributed by atoms with van der Waals surface area (Å²) in [6.07, 6.45) is 1.17. The Morgan fingerprint density at radius 3 is 2.67 bits per heavy atom. The first-order valence-corrected chi connectivity index (χ1v) is 8.86. The van der Waals surface area contributed by atoms with Gasteiger partial charge in [-0.15, -0.1) is 0 Å². The van der Waals surface area contributed by atoms with Gasteiger partial charge in [0.05, 0.1) is 6.54 Å². The van der Waals surface area contributed by atoms with Crippen molar-refractivity contribution in [2.45, 2.75) is 26.2 Å². The van der Waals surface area contributed by atoms with Crippen molar-refractivity contribution >= 4 is 6.03 Å². The predicted octanol–water partition coefficient (Wildman–Crippen LogP) is 2.78. The van der Waals surface area contributed by atoms with Crippen LogP contribution in [0.4, 0.5) is 4.79 Å². The number of ether oxygens (including phenoxy) is 1. The van der Waals surface area contributed by atoms with Gasteiger partial charge in [-0.05, 0) is 49.5 Å². The number of hydrogen-bond donors (Lipinski definition) is 1. The fourth-order valence-electron chi connectivity index (χ4n) is 3.06. The number of nitrogens with one attached hydrogen (secondary N) is 1. The second-order valence-corrected chi connectivity index (χ2v) is 7.10. The summed E-state index contributed by atoms with van der Waals surface area (Å²) in [6, 6.07) is 8.12. The number of likely N-dealkylation sites (tertiary alicyclic amines) is 1. The van der Waals surface area contributed by atoms with E-state index in [1.807, 2.05) is 19.2 Å². The average Bonchev–Trinajstić information content (AvgIpc) is 2.96. The van der Waals surface area contributed by atoms with Crippen LogP contribution in [0.25, 0.3) is 0 Å². The predicted molar refractivity (Wildman–Crippen MR) is 97.7 cm³/mol. The highest BCUT2D eigenvalue weighted by atomic mass is 16.5. The molecule has 1 aromatic rings. The van der Waals surface area contributed by atoms with Gasteiger partial charge in [-0.2, -0.15) is 0 Å². The molecular formula is C19H31N3O2. The van der Waals surface area contributed by atoms with E-state index in [1.165, 1.54) is 12.0 Å². The van der Waals surface area contributed by atoms with Gasteiger partial charge in [0.2, 0.25) is 0 Å². The summed E-state index contributed by atoms with van der Waals surface area (Å²) in [4.78, 5) is 16.2. The van der Waals surface area contributed by atoms with E-state index >= 15 is 0 Å². The molecule has 134 valence electrons. The first kappa shape index (κ1) is 18.6. The maximum atomic E-state index is 12.1. The summed E-state index contributed by atoms with van der Waals surface area (Å²) in [5.41, 5.74) is 1.30. The highest BCUT2D eigenvalue weighted by Gasteiger charge is 2.22. The monoisotopic (exact) mass is 333 g/mol. The highest BCUT2D eigenvalue weighted by Crippen LogP contribution is 2.18. The molecule has 1 aliphatic rings. The minimum atomic E-state index is -0.0247. The van der Waals surface area contributed by atoms with Crippen LogP contribution < -0.4 is 10.1 Å². The second-order valence-electron chi connectivity index (χ2n) is 7.10. The Labute approximate surface area is 146 Å². The molecule has 0 saturated carbocycles. The Morgan fingerprint density at radius 2 is 2.08 bits per heavy atom. The van der Waals surface area contributed by atoms with Gasteiger partial charge in [-0.1, -0.05) is 26.0 Å². The molecule has 2 amide bonds. The molecule has 0 aliphatic carbocycles. The third-order valence-electron chi connectivity index (χ3n) is 4.56. The zero-order chi connectivity index (χ0) is 17.5. The molecular weight excluding hydrogens is 302 g/mol. The van der Waals surface area contributed by atoms with Crippen molar-refractivity contribution in [2.75, 3.05) is 46.9 Å². The molecule has 0 spiro atoms. The molecule has 1 aromatic carbocycles. The quantitative estimate of drug-likeness (QED) is 0.781. The Morgan fingerprint density at radius 1 is 1.38 bits per heavy atom. The van der Waals surface area contributed by atoms with E-state index < -0.39 is 0 Å². The lowest BCUT2D eigenvalue weighted by Gasteiger charge is -2.21. The van der Waals surface area contributed by atoms with E-state index in [4.69, 9.17) is 4.74 Å². The molecule has 0 aromatic heterocycles. The molecule has 5 nitrogen and oxygen atoms in total. The Hall–Kier alpha value is -1.75. The van der Waals surface area contributed by atoms with Crippen molar-refractivity contribution in [1.82, 2.24) is 15.1 Å². The molecule has 1 fully saturated rings. The molecule has 1 N–H and O–H groups in total. The van der Waals surface area contributed by atoms with Gasteiger partial charge in [-0.25, -0.2) is 4.79 Å². The second kappa shape index (κ2) is 8.92. The van der Waals surface area contributed by atoms with Crippen LogP contribution in [0.1, 0.15) is 31.7 Å². The van der Waals surface area contributed by atoms with Gasteiger partial charge < -0.3 is 19.9 Å². The van der Waals surface area contributed by atoms with Crippen LogP contribution in [0.2, 0.25) is 0 Å². The molecule has 1 atom stereocenters. The van der Waals surface area contributed by atoms with E-state index in [1.54, 1.807) is 4.90 Å². The maximum Gasteiger partial charge on any atom is 0.317 e. The van der Waals surface area contributed by atoms with Crippen molar-refractivity contribution in [3.05, 3.63) is 29.8 Å². The number of urea groups is 1. The highest BCUT2D eigenvalue weighted by molar-refractivity contribution is 5.73. The Bertz CT molecular complexity index is 516. The number of benzene rings is 1. The van der Waals surface area contributed by atoms with Crippen LogP contribution in [-0.4, -0.2) is 62.7 Å². The Kier molecular flexibility index (Phi) is 6.91. The van der Waals surface area contributed by atoms with Crippen LogP contribution in [-0.2, 0) is 0 Å². The fourth-order valence-corrected chi connectivity index (χ4v) is 3.06. The standard InChI is InChI=1S/C19H31N3O2/c1-15(2)17-5-7-18(8-6-17)24-12-10-20-19(23)22(4)14-16-9-11-21(3)13-16/h5-8,15-16H,9-14H2,1-4H3,(H,20,23)/t16-/m1/s1. The van der Waals surface area contributed by atoms with Crippen LogP contribution in [0.5, 0.6) is 5.75 Å². The van der Waals surface area contributed by atoms with Crippen molar-refractivity contribution in [2.24, 2.45) is 5.92 Å². The van der Waals surface area contributed by atoms with Crippen LogP contribution in [0.15, 0.2) is 24.3 Å². The van der Waals surface area contributed by atoms with Gasteiger partial charge in [-0.3, -0.25) is 0 Å². The van der Waals surface area contributed by atoms with Crippen LogP contribution >= 0.6 is 0 Å². The number of hydrogen-bond acceptors (Lipinski definition) is 3. The lowest BCUT2D eigenvalue weighted by atomic mass is 10.0. The van der Waals surface area contributed by atoms with E-state index in [-0.39, 0.29) is 6.03 Å². The number of carbonyl (C=O) groups is 1. The summed E-state index contributed by atoms with van der Waals surface area (Å²) in [7, 11) is 3.99. The van der Waals surface area contributed by atoms with Gasteiger partial charge >= 0.3 is 6.03 Å². The number of rotatable bonds is 7. The van der Waals surface area contributed by atoms with Gasteiger partial charge in [0, 0.05) is 20.1 Å². The van der Waals surface area contributed by atoms with Crippen molar-refractivity contribution in [3.63, 3.8) is 0 Å². The lowest BCUT2D eigenvalue weighted by molar-refractivity contribution is 0.197. The first-order chi connectivity index (χ1) is 11.5. The van der Waals surface area contributed by atoms with Crippen LogP contribution in [0, 0.1) is 5.92 Å². The van der Waals surface area contributed by atoms with Gasteiger partial charge in [0.1, 0.15) is 12.4 Å². The van der Waals surface area contributed by atoms with E-state index in [2.05, 4.69) is 43.2 Å². The molecule has 1 heterocycles. The minimum absolute atomic E-state index is 0.0247. The van der Waals surface area contributed by atoms with E-state index in [0.29, 0.717) is 25.0 Å². The van der Waals surface area contributed by atoms with E-state index in [9.17, 15) is 4.79 Å². The molecule has 0 radical (unpaired) electrons. The average molecular weight is 333 g/mol. The summed E-state index contributed by atoms with van der Waals surface area (Å²) in [6.45, 7) is 8.35. The summed E-state index contributed by atoms with van der Waals surface area (Å²) in [5.74, 6) is 1.95. The molecule has 1 aliphatic heterocycles. The lowest BCUT2D eigenvalue weighted by Crippen LogP contribution is -2.41. The molecule has 0 bridgehead atoms. The summed E-state index contributed by atoms with van der Waals surface area (Å²) < 4.78 is 5.68. The normalized spacial score (nSPS) is 18.0. The molecule has 0 unspecified atom stereocenters. The molecule has 1 saturated heterocycles. The number of carbonyl (C=O) groups excluding carboxylic acids is 1. The summed E-state index contributed by atoms with van der Waals surface area (Å²) >= 11 is 0. The summed E-state index contributed by atoms with van der Waals surface area (Å²) in [5, 5.41) is 2.92. The molecule has 2 rings (SSSR count). The van der Waals surface area contributed by atoms with Crippen LogP contribution in [0.3, 0.4) is 0 Å². The van der Waals surface area contributed by atoms with Crippen molar-refractivity contribution < 1.29 is 9.53 Å². The largest absolute Gasteiger partial charge is 0.492 e. The van der Waals surface area contributed by atoms with Gasteiger partial charge in [0.25, 0.3) is 0 Å². The van der Waals surface area contributed by atoms with Crippen molar-refractivity contribution in [3.8, 4) is 5.75 Å². The smallest absolute Gasteiger partial charge is 0.317 e. The zero-order valence-corrected chi connectivity index (χ0v) is 15.4. The number of nitrogens with zero attached hydrogens (tertiary/aromatic N) is 2. The SMILES string of the molecule is CC(C)c1ccc(OCCNC(=O)N(C)C[C@@H]2CCN(C)C2)cc1. The minimum Gasteiger partial charge on any atom is -0.492 e. The van der Waals surface area contributed by atoms with Crippen molar-refractivity contribution in [1.29, 1.82) is 0 Å². The zero-order valence-electron chi connectivity index (χ0n) is 15.4. The molecule has 5 heteroatoms. The maximum absolute atomic E-state index is 12.1. The number of amides is 2. The Balaban J connectivity index is 1.63. The topological polar surface area (TPSA) is 44.8 Å². The van der Waals surface area contributed by atoms with Gasteiger partial charge in [0.15, 0.2) is 0 Å². The molecule has 24 heavy (non-hydrogen) atoms. The van der Waals surface area contributed by atoms with E-state index in [0.717, 1.165) is 25.4 Å². The fraction of sp³-hybridized carbons (Fsp3) is 0.632.